The van der Waals surface area contributed by atoms with Gasteiger partial charge in [0.2, 0.25) is 0 Å². The topological polar surface area (TPSA) is 64.1 Å². The van der Waals surface area contributed by atoms with Crippen molar-refractivity contribution in [3.63, 3.8) is 0 Å². The lowest BCUT2D eigenvalue weighted by Crippen LogP contribution is -2.36. The number of aromatic nitrogens is 2. The van der Waals surface area contributed by atoms with E-state index in [0.717, 1.165) is 38.0 Å². The van der Waals surface area contributed by atoms with Crippen LogP contribution in [0.5, 0.6) is 5.75 Å². The van der Waals surface area contributed by atoms with Gasteiger partial charge < -0.3 is 10.1 Å². The van der Waals surface area contributed by atoms with Gasteiger partial charge in [0, 0.05) is 22.8 Å². The van der Waals surface area contributed by atoms with Crippen molar-refractivity contribution in [2.75, 3.05) is 0 Å². The smallest absolute Gasteiger partial charge is 0.261 e. The van der Waals surface area contributed by atoms with Gasteiger partial charge in [-0.3, -0.25) is 9.78 Å². The fourth-order valence-electron chi connectivity index (χ4n) is 2.59. The summed E-state index contributed by atoms with van der Waals surface area (Å²) in [6.45, 7) is 8.12. The summed E-state index contributed by atoms with van der Waals surface area (Å²) >= 11 is 1.57. The zero-order chi connectivity index (χ0) is 19.4. The summed E-state index contributed by atoms with van der Waals surface area (Å²) in [5, 5.41) is 3.86. The van der Waals surface area contributed by atoms with Gasteiger partial charge in [0.1, 0.15) is 10.8 Å². The number of ether oxygens (including phenoxy) is 1. The maximum absolute atomic E-state index is 12.4. The Hall–Kier alpha value is -2.73. The van der Waals surface area contributed by atoms with Crippen molar-refractivity contribution in [1.82, 2.24) is 15.3 Å². The van der Waals surface area contributed by atoms with E-state index in [-0.39, 0.29) is 5.91 Å². The molecule has 0 bridgehead atoms. The molecular weight excluding hydrogens is 358 g/mol. The molecule has 0 saturated heterocycles. The molecule has 6 heteroatoms. The lowest BCUT2D eigenvalue weighted by atomic mass is 10.1. The number of thiazole rings is 1. The van der Waals surface area contributed by atoms with Crippen molar-refractivity contribution in [3.8, 4) is 16.3 Å². The fraction of sp³-hybridized carbons (Fsp3) is 0.286. The highest BCUT2D eigenvalue weighted by molar-refractivity contribution is 7.15. The van der Waals surface area contributed by atoms with Gasteiger partial charge in [0.25, 0.3) is 5.91 Å². The van der Waals surface area contributed by atoms with E-state index in [1.165, 1.54) is 0 Å². The van der Waals surface area contributed by atoms with Crippen LogP contribution in [0, 0.1) is 20.8 Å². The number of nitrogens with zero attached hydrogens (tertiary/aromatic N) is 2. The van der Waals surface area contributed by atoms with Gasteiger partial charge in [-0.25, -0.2) is 4.98 Å². The van der Waals surface area contributed by atoms with Crippen molar-refractivity contribution in [3.05, 3.63) is 64.4 Å². The first kappa shape index (κ1) is 19.0. The largest absolute Gasteiger partial charge is 0.481 e. The summed E-state index contributed by atoms with van der Waals surface area (Å²) in [6.07, 6.45) is 2.96. The molecule has 0 aliphatic rings. The van der Waals surface area contributed by atoms with Crippen LogP contribution in [0.4, 0.5) is 0 Å². The summed E-state index contributed by atoms with van der Waals surface area (Å²) in [7, 11) is 0. The zero-order valence-electron chi connectivity index (χ0n) is 15.9. The molecule has 0 aliphatic carbocycles. The molecule has 140 valence electrons. The maximum atomic E-state index is 12.4. The molecule has 2 aromatic heterocycles. The molecule has 3 aromatic rings. The number of hydrogen-bond acceptors (Lipinski definition) is 5. The third-order valence-corrected chi connectivity index (χ3v) is 5.45. The molecule has 1 aromatic carbocycles. The highest BCUT2D eigenvalue weighted by atomic mass is 32.1. The number of carbonyl (C=O) groups excluding carboxylic acids is 1. The maximum Gasteiger partial charge on any atom is 0.261 e. The first-order chi connectivity index (χ1) is 12.9. The van der Waals surface area contributed by atoms with Crippen LogP contribution in [0.1, 0.15) is 28.6 Å². The molecule has 0 aliphatic heterocycles. The number of benzene rings is 1. The second-order valence-electron chi connectivity index (χ2n) is 6.52. The Bertz CT molecular complexity index is 938. The van der Waals surface area contributed by atoms with Crippen LogP contribution in [0.3, 0.4) is 0 Å². The van der Waals surface area contributed by atoms with E-state index < -0.39 is 6.10 Å². The Morgan fingerprint density at radius 1 is 1.26 bits per heavy atom. The molecule has 3 rings (SSSR count). The number of pyridine rings is 1. The Kier molecular flexibility index (Phi) is 5.86. The van der Waals surface area contributed by atoms with Gasteiger partial charge in [0.15, 0.2) is 6.10 Å². The summed E-state index contributed by atoms with van der Waals surface area (Å²) in [4.78, 5) is 22.2. The molecule has 0 fully saturated rings. The van der Waals surface area contributed by atoms with Crippen LogP contribution in [0.25, 0.3) is 10.6 Å². The fourth-order valence-corrected chi connectivity index (χ4v) is 3.59. The van der Waals surface area contributed by atoms with Crippen LogP contribution in [0.15, 0.2) is 42.7 Å². The molecule has 1 amide bonds. The van der Waals surface area contributed by atoms with Crippen LogP contribution in [0.2, 0.25) is 0 Å². The van der Waals surface area contributed by atoms with Gasteiger partial charge in [-0.05, 0) is 57.0 Å². The van der Waals surface area contributed by atoms with Crippen molar-refractivity contribution in [1.29, 1.82) is 0 Å². The highest BCUT2D eigenvalue weighted by Crippen LogP contribution is 2.27. The lowest BCUT2D eigenvalue weighted by Gasteiger charge is -2.16. The van der Waals surface area contributed by atoms with E-state index in [9.17, 15) is 4.79 Å². The van der Waals surface area contributed by atoms with E-state index in [4.69, 9.17) is 4.74 Å². The normalized spacial score (nSPS) is 11.9. The summed E-state index contributed by atoms with van der Waals surface area (Å²) in [6, 6.07) is 9.84. The Morgan fingerprint density at radius 2 is 2.07 bits per heavy atom. The van der Waals surface area contributed by atoms with Gasteiger partial charge in [-0.1, -0.05) is 12.1 Å². The minimum Gasteiger partial charge on any atom is -0.481 e. The zero-order valence-corrected chi connectivity index (χ0v) is 16.8. The first-order valence-electron chi connectivity index (χ1n) is 8.82. The summed E-state index contributed by atoms with van der Waals surface area (Å²) in [5.74, 6) is 0.595. The second kappa shape index (κ2) is 8.31. The molecule has 1 atom stereocenters. The van der Waals surface area contributed by atoms with Crippen LogP contribution in [-0.2, 0) is 11.3 Å². The van der Waals surface area contributed by atoms with Gasteiger partial charge in [-0.2, -0.15) is 0 Å². The summed E-state index contributed by atoms with van der Waals surface area (Å²) in [5.41, 5.74) is 4.02. The molecule has 2 heterocycles. The highest BCUT2D eigenvalue weighted by Gasteiger charge is 2.17. The number of amides is 1. The molecule has 5 nitrogen and oxygen atoms in total. The van der Waals surface area contributed by atoms with Gasteiger partial charge in [0.05, 0.1) is 12.2 Å². The summed E-state index contributed by atoms with van der Waals surface area (Å²) < 4.78 is 5.85. The van der Waals surface area contributed by atoms with Crippen LogP contribution in [-0.4, -0.2) is 22.0 Å². The quantitative estimate of drug-likeness (QED) is 0.694. The number of rotatable bonds is 6. The standard InChI is InChI=1S/C21H23N3O2S/c1-13-7-8-14(2)18(10-13)26-16(4)20(25)23-12-19-15(3)24-21(27-19)17-6-5-9-22-11-17/h5-11,16H,12H2,1-4H3,(H,23,25). The number of carbonyl (C=O) groups is 1. The van der Waals surface area contributed by atoms with Gasteiger partial charge >= 0.3 is 0 Å². The second-order valence-corrected chi connectivity index (χ2v) is 7.60. The molecule has 1 unspecified atom stereocenters. The molecule has 27 heavy (non-hydrogen) atoms. The molecule has 1 N–H and O–H groups in total. The number of aryl methyl sites for hydroxylation is 3. The van der Waals surface area contributed by atoms with Crippen LogP contribution < -0.4 is 10.1 Å². The van der Waals surface area contributed by atoms with E-state index >= 15 is 0 Å². The molecule has 0 saturated carbocycles. The third kappa shape index (κ3) is 4.71. The van der Waals surface area contributed by atoms with Crippen molar-refractivity contribution >= 4 is 17.2 Å². The molecule has 0 radical (unpaired) electrons. The van der Waals surface area contributed by atoms with Gasteiger partial charge in [-0.15, -0.1) is 11.3 Å². The van der Waals surface area contributed by atoms with Crippen molar-refractivity contribution in [2.45, 2.75) is 40.3 Å². The van der Waals surface area contributed by atoms with E-state index in [2.05, 4.69) is 15.3 Å². The Morgan fingerprint density at radius 3 is 2.81 bits per heavy atom. The average molecular weight is 382 g/mol. The Labute approximate surface area is 163 Å². The van der Waals surface area contributed by atoms with Crippen molar-refractivity contribution < 1.29 is 9.53 Å². The SMILES string of the molecule is Cc1ccc(C)c(OC(C)C(=O)NCc2sc(-c3cccnc3)nc2C)c1. The predicted molar refractivity (Wildman–Crippen MR) is 108 cm³/mol. The third-order valence-electron chi connectivity index (χ3n) is 4.24. The number of nitrogens with one attached hydrogen (secondary N) is 1. The first-order valence-corrected chi connectivity index (χ1v) is 9.64. The predicted octanol–water partition coefficient (Wildman–Crippen LogP) is 4.21. The molecule has 0 spiro atoms. The lowest BCUT2D eigenvalue weighted by molar-refractivity contribution is -0.127. The minimum atomic E-state index is -0.573. The van der Waals surface area contributed by atoms with Crippen molar-refractivity contribution in [2.24, 2.45) is 0 Å². The van der Waals surface area contributed by atoms with Crippen LogP contribution >= 0.6 is 11.3 Å². The monoisotopic (exact) mass is 381 g/mol. The minimum absolute atomic E-state index is 0.147. The van der Waals surface area contributed by atoms with E-state index in [0.29, 0.717) is 6.54 Å². The Balaban J connectivity index is 1.62. The number of hydrogen-bond donors (Lipinski definition) is 1. The molecular formula is C21H23N3O2S. The van der Waals surface area contributed by atoms with E-state index in [1.807, 2.05) is 51.1 Å². The average Bonchev–Trinajstić information content (AvgIpc) is 3.04. The van der Waals surface area contributed by atoms with E-state index in [1.54, 1.807) is 30.7 Å².